The number of nitrogens with one attached hydrogen (secondary N) is 2. The van der Waals surface area contributed by atoms with Crippen LogP contribution in [0, 0.1) is 5.82 Å². The van der Waals surface area contributed by atoms with E-state index in [0.717, 1.165) is 25.2 Å². The second-order valence-electron chi connectivity index (χ2n) is 6.36. The Morgan fingerprint density at radius 1 is 1.00 bits per heavy atom. The predicted octanol–water partition coefficient (Wildman–Crippen LogP) is 3.63. The van der Waals surface area contributed by atoms with Crippen molar-refractivity contribution in [2.45, 2.75) is 25.4 Å². The van der Waals surface area contributed by atoms with E-state index < -0.39 is 0 Å². The van der Waals surface area contributed by atoms with Crippen molar-refractivity contribution in [3.63, 3.8) is 0 Å². The van der Waals surface area contributed by atoms with E-state index >= 15 is 0 Å². The number of nitrogens with zero attached hydrogens (tertiary/aromatic N) is 1. The third kappa shape index (κ3) is 5.25. The van der Waals surface area contributed by atoms with Crippen molar-refractivity contribution in [1.29, 1.82) is 0 Å². The van der Waals surface area contributed by atoms with Crippen LogP contribution in [-0.2, 0) is 6.54 Å². The van der Waals surface area contributed by atoms with Crippen molar-refractivity contribution < 1.29 is 4.39 Å². The Balaban J connectivity index is 1.53. The van der Waals surface area contributed by atoms with Crippen LogP contribution in [-0.4, -0.2) is 29.6 Å². The van der Waals surface area contributed by atoms with E-state index in [2.05, 4.69) is 39.8 Å². The third-order valence-corrected chi connectivity index (χ3v) is 4.88. The van der Waals surface area contributed by atoms with Crippen molar-refractivity contribution in [3.8, 4) is 0 Å². The van der Waals surface area contributed by atoms with Crippen LogP contribution in [0.2, 0.25) is 0 Å². The SMILES string of the molecule is Fc1ccc(CNC(=S)NC[C@H](c2ccccc2)N2CCCC2)cc1. The van der Waals surface area contributed by atoms with Crippen molar-refractivity contribution in [2.24, 2.45) is 0 Å². The highest BCUT2D eigenvalue weighted by Gasteiger charge is 2.23. The first-order valence-corrected chi connectivity index (χ1v) is 9.18. The summed E-state index contributed by atoms with van der Waals surface area (Å²) >= 11 is 5.41. The maximum atomic E-state index is 12.9. The second-order valence-corrected chi connectivity index (χ2v) is 6.77. The molecule has 0 amide bonds. The summed E-state index contributed by atoms with van der Waals surface area (Å²) in [5.41, 5.74) is 2.32. The van der Waals surface area contributed by atoms with Crippen molar-refractivity contribution in [3.05, 3.63) is 71.5 Å². The summed E-state index contributed by atoms with van der Waals surface area (Å²) in [6, 6.07) is 17.4. The summed E-state index contributed by atoms with van der Waals surface area (Å²) in [6.07, 6.45) is 2.52. The Bertz CT molecular complexity index is 669. The van der Waals surface area contributed by atoms with Gasteiger partial charge in [-0.15, -0.1) is 0 Å². The van der Waals surface area contributed by atoms with Crippen LogP contribution < -0.4 is 10.6 Å². The topological polar surface area (TPSA) is 27.3 Å². The van der Waals surface area contributed by atoms with Gasteiger partial charge in [0.2, 0.25) is 0 Å². The first kappa shape index (κ1) is 17.8. The molecule has 1 aliphatic rings. The smallest absolute Gasteiger partial charge is 0.166 e. The molecular weight excluding hydrogens is 333 g/mol. The molecule has 2 N–H and O–H groups in total. The molecule has 5 heteroatoms. The zero-order chi connectivity index (χ0) is 17.5. The zero-order valence-corrected chi connectivity index (χ0v) is 15.1. The summed E-state index contributed by atoms with van der Waals surface area (Å²) < 4.78 is 12.9. The van der Waals surface area contributed by atoms with Crippen LogP contribution in [0.1, 0.15) is 30.0 Å². The maximum absolute atomic E-state index is 12.9. The van der Waals surface area contributed by atoms with Gasteiger partial charge in [0, 0.05) is 13.1 Å². The molecule has 0 bridgehead atoms. The molecule has 0 aliphatic carbocycles. The van der Waals surface area contributed by atoms with Crippen molar-refractivity contribution in [1.82, 2.24) is 15.5 Å². The summed E-state index contributed by atoms with van der Waals surface area (Å²) in [5.74, 6) is -0.222. The standard InChI is InChI=1S/C20H24FN3S/c21-18-10-8-16(9-11-18)14-22-20(25)23-15-19(24-12-4-5-13-24)17-6-2-1-3-7-17/h1-3,6-11,19H,4-5,12-15H2,(H2,22,23,25)/t19-/m1/s1. The molecule has 3 nitrogen and oxygen atoms in total. The van der Waals surface area contributed by atoms with Crippen LogP contribution in [0.25, 0.3) is 0 Å². The normalized spacial score (nSPS) is 15.7. The average Bonchev–Trinajstić information content (AvgIpc) is 3.17. The van der Waals surface area contributed by atoms with E-state index in [1.54, 1.807) is 12.1 Å². The molecular formula is C20H24FN3S. The number of likely N-dealkylation sites (tertiary alicyclic amines) is 1. The molecule has 25 heavy (non-hydrogen) atoms. The predicted molar refractivity (Wildman–Crippen MR) is 104 cm³/mol. The summed E-state index contributed by atoms with van der Waals surface area (Å²) in [7, 11) is 0. The minimum absolute atomic E-state index is 0.222. The zero-order valence-electron chi connectivity index (χ0n) is 14.2. The monoisotopic (exact) mass is 357 g/mol. The molecule has 0 aromatic heterocycles. The Morgan fingerprint density at radius 2 is 1.68 bits per heavy atom. The Hall–Kier alpha value is -1.98. The van der Waals surface area contributed by atoms with Crippen molar-refractivity contribution >= 4 is 17.3 Å². The minimum Gasteiger partial charge on any atom is -0.361 e. The van der Waals surface area contributed by atoms with Gasteiger partial charge in [0.25, 0.3) is 0 Å². The lowest BCUT2D eigenvalue weighted by molar-refractivity contribution is 0.245. The van der Waals surface area contributed by atoms with E-state index in [9.17, 15) is 4.39 Å². The van der Waals surface area contributed by atoms with E-state index in [4.69, 9.17) is 12.2 Å². The van der Waals surface area contributed by atoms with E-state index in [0.29, 0.717) is 17.7 Å². The van der Waals surface area contributed by atoms with E-state index in [1.165, 1.54) is 30.5 Å². The number of benzene rings is 2. The summed E-state index contributed by atoms with van der Waals surface area (Å²) in [5, 5.41) is 7.17. The number of hydrogen-bond donors (Lipinski definition) is 2. The molecule has 1 aliphatic heterocycles. The highest BCUT2D eigenvalue weighted by molar-refractivity contribution is 7.80. The third-order valence-electron chi connectivity index (χ3n) is 4.59. The van der Waals surface area contributed by atoms with Crippen LogP contribution in [0.15, 0.2) is 54.6 Å². The van der Waals surface area contributed by atoms with Gasteiger partial charge in [0.15, 0.2) is 5.11 Å². The van der Waals surface area contributed by atoms with Crippen molar-refractivity contribution in [2.75, 3.05) is 19.6 Å². The van der Waals surface area contributed by atoms with Gasteiger partial charge in [0.05, 0.1) is 6.04 Å². The Labute approximate surface area is 154 Å². The van der Waals surface area contributed by atoms with Gasteiger partial charge in [0.1, 0.15) is 5.82 Å². The molecule has 3 rings (SSSR count). The van der Waals surface area contributed by atoms with Crippen LogP contribution in [0.4, 0.5) is 4.39 Å². The van der Waals surface area contributed by atoms with Gasteiger partial charge in [-0.05, 0) is 61.4 Å². The molecule has 1 atom stereocenters. The average molecular weight is 357 g/mol. The quantitative estimate of drug-likeness (QED) is 0.772. The van der Waals surface area contributed by atoms with Gasteiger partial charge in [-0.3, -0.25) is 4.90 Å². The molecule has 1 fully saturated rings. The lowest BCUT2D eigenvalue weighted by atomic mass is 10.1. The first-order chi connectivity index (χ1) is 12.2. The molecule has 2 aromatic rings. The molecule has 2 aromatic carbocycles. The Morgan fingerprint density at radius 3 is 2.36 bits per heavy atom. The molecule has 1 heterocycles. The van der Waals surface area contributed by atoms with Crippen LogP contribution in [0.3, 0.4) is 0 Å². The molecule has 0 radical (unpaired) electrons. The highest BCUT2D eigenvalue weighted by atomic mass is 32.1. The summed E-state index contributed by atoms with van der Waals surface area (Å²) in [6.45, 7) is 3.64. The number of hydrogen-bond acceptors (Lipinski definition) is 2. The fraction of sp³-hybridized carbons (Fsp3) is 0.350. The van der Waals surface area contributed by atoms with Crippen LogP contribution in [0.5, 0.6) is 0 Å². The molecule has 0 spiro atoms. The van der Waals surface area contributed by atoms with Crippen LogP contribution >= 0.6 is 12.2 Å². The fourth-order valence-electron chi connectivity index (χ4n) is 3.22. The largest absolute Gasteiger partial charge is 0.361 e. The fourth-order valence-corrected chi connectivity index (χ4v) is 3.38. The van der Waals surface area contributed by atoms with Gasteiger partial charge in [-0.1, -0.05) is 42.5 Å². The van der Waals surface area contributed by atoms with E-state index in [-0.39, 0.29) is 5.82 Å². The molecule has 0 unspecified atom stereocenters. The molecule has 1 saturated heterocycles. The van der Waals surface area contributed by atoms with Gasteiger partial charge in [-0.25, -0.2) is 4.39 Å². The Kier molecular flexibility index (Phi) is 6.36. The van der Waals surface area contributed by atoms with Gasteiger partial charge in [-0.2, -0.15) is 0 Å². The minimum atomic E-state index is -0.222. The first-order valence-electron chi connectivity index (χ1n) is 8.77. The lowest BCUT2D eigenvalue weighted by Gasteiger charge is -2.28. The highest BCUT2D eigenvalue weighted by Crippen LogP contribution is 2.24. The summed E-state index contributed by atoms with van der Waals surface area (Å²) in [4.78, 5) is 2.52. The van der Waals surface area contributed by atoms with Gasteiger partial charge >= 0.3 is 0 Å². The molecule has 0 saturated carbocycles. The number of halogens is 1. The lowest BCUT2D eigenvalue weighted by Crippen LogP contribution is -2.41. The maximum Gasteiger partial charge on any atom is 0.166 e. The number of thiocarbonyl (C=S) groups is 1. The molecule has 132 valence electrons. The van der Waals surface area contributed by atoms with Gasteiger partial charge < -0.3 is 10.6 Å². The second kappa shape index (κ2) is 8.92. The number of rotatable bonds is 6. The van der Waals surface area contributed by atoms with E-state index in [1.807, 2.05) is 6.07 Å².